The largest absolute Gasteiger partial charge is 0.383 e. The summed E-state index contributed by atoms with van der Waals surface area (Å²) in [6, 6.07) is 10.9. The molecule has 1 aromatic rings. The Kier molecular flexibility index (Phi) is 7.81. The molecule has 0 heterocycles. The summed E-state index contributed by atoms with van der Waals surface area (Å²) in [6.07, 6.45) is 2.49. The molecule has 0 radical (unpaired) electrons. The molecule has 0 unspecified atom stereocenters. The molecule has 2 rings (SSSR count). The summed E-state index contributed by atoms with van der Waals surface area (Å²) in [5, 5.41) is 6.68. The molecule has 19 heavy (non-hydrogen) atoms. The fraction of sp³-hybridized carbons (Fsp3) is 0.500. The SMILES string of the molecule is COCCNC(=NCc1ccccc1)NC1CC1.I. The minimum Gasteiger partial charge on any atom is -0.383 e. The van der Waals surface area contributed by atoms with Crippen LogP contribution in [0.1, 0.15) is 18.4 Å². The number of methoxy groups -OCH3 is 1. The fourth-order valence-electron chi connectivity index (χ4n) is 1.60. The number of nitrogens with zero attached hydrogens (tertiary/aromatic N) is 1. The fourth-order valence-corrected chi connectivity index (χ4v) is 1.60. The normalized spacial score (nSPS) is 14.7. The predicted molar refractivity (Wildman–Crippen MR) is 89.0 cm³/mol. The van der Waals surface area contributed by atoms with Crippen LogP contribution in [0.25, 0.3) is 0 Å². The Balaban J connectivity index is 0.00000180. The van der Waals surface area contributed by atoms with Crippen LogP contribution in [-0.2, 0) is 11.3 Å². The van der Waals surface area contributed by atoms with E-state index in [1.54, 1.807) is 7.11 Å². The average molecular weight is 375 g/mol. The third kappa shape index (κ3) is 6.77. The van der Waals surface area contributed by atoms with Crippen LogP contribution in [0, 0.1) is 0 Å². The molecule has 4 nitrogen and oxygen atoms in total. The Morgan fingerprint density at radius 1 is 1.32 bits per heavy atom. The summed E-state index contributed by atoms with van der Waals surface area (Å²) < 4.78 is 5.03. The lowest BCUT2D eigenvalue weighted by Gasteiger charge is -2.11. The zero-order valence-corrected chi connectivity index (χ0v) is 13.6. The van der Waals surface area contributed by atoms with Gasteiger partial charge in [0.25, 0.3) is 0 Å². The lowest BCUT2D eigenvalue weighted by atomic mass is 10.2. The van der Waals surface area contributed by atoms with Crippen LogP contribution in [0.5, 0.6) is 0 Å². The van der Waals surface area contributed by atoms with Crippen molar-refractivity contribution in [3.05, 3.63) is 35.9 Å². The molecule has 0 atom stereocenters. The highest BCUT2D eigenvalue weighted by Crippen LogP contribution is 2.18. The number of nitrogens with one attached hydrogen (secondary N) is 2. The van der Waals surface area contributed by atoms with Gasteiger partial charge >= 0.3 is 0 Å². The Labute approximate surface area is 132 Å². The highest BCUT2D eigenvalue weighted by Gasteiger charge is 2.22. The lowest BCUT2D eigenvalue weighted by Crippen LogP contribution is -2.40. The first kappa shape index (κ1) is 16.2. The molecule has 1 saturated carbocycles. The van der Waals surface area contributed by atoms with E-state index in [-0.39, 0.29) is 24.0 Å². The number of guanidine groups is 1. The number of ether oxygens (including phenoxy) is 1. The van der Waals surface area contributed by atoms with Crippen LogP contribution in [0.4, 0.5) is 0 Å². The number of halogens is 1. The van der Waals surface area contributed by atoms with Crippen LogP contribution >= 0.6 is 24.0 Å². The number of hydrogen-bond acceptors (Lipinski definition) is 2. The molecule has 0 amide bonds. The maximum atomic E-state index is 5.03. The summed E-state index contributed by atoms with van der Waals surface area (Å²) in [5.41, 5.74) is 1.22. The number of hydrogen-bond donors (Lipinski definition) is 2. The standard InChI is InChI=1S/C14H21N3O.HI/c1-18-10-9-15-14(17-13-7-8-13)16-11-12-5-3-2-4-6-12;/h2-6,13H,7-11H2,1H3,(H2,15,16,17);1H. The van der Waals surface area contributed by atoms with Gasteiger partial charge in [-0.2, -0.15) is 0 Å². The van der Waals surface area contributed by atoms with E-state index < -0.39 is 0 Å². The van der Waals surface area contributed by atoms with Crippen molar-refractivity contribution < 1.29 is 4.74 Å². The van der Waals surface area contributed by atoms with Gasteiger partial charge < -0.3 is 15.4 Å². The van der Waals surface area contributed by atoms with Gasteiger partial charge in [-0.1, -0.05) is 30.3 Å². The van der Waals surface area contributed by atoms with Crippen molar-refractivity contribution in [1.29, 1.82) is 0 Å². The first-order valence-corrected chi connectivity index (χ1v) is 6.46. The summed E-state index contributed by atoms with van der Waals surface area (Å²) >= 11 is 0. The highest BCUT2D eigenvalue weighted by molar-refractivity contribution is 14.0. The summed E-state index contributed by atoms with van der Waals surface area (Å²) in [7, 11) is 1.71. The van der Waals surface area contributed by atoms with E-state index >= 15 is 0 Å². The van der Waals surface area contributed by atoms with Crippen molar-refractivity contribution in [2.45, 2.75) is 25.4 Å². The molecule has 0 saturated heterocycles. The zero-order valence-electron chi connectivity index (χ0n) is 11.3. The highest BCUT2D eigenvalue weighted by atomic mass is 127. The number of aliphatic imine (C=N–C) groups is 1. The number of rotatable bonds is 6. The molecule has 0 bridgehead atoms. The van der Waals surface area contributed by atoms with Gasteiger partial charge in [0, 0.05) is 19.7 Å². The minimum atomic E-state index is 0. The van der Waals surface area contributed by atoms with Crippen molar-refractivity contribution in [2.24, 2.45) is 4.99 Å². The Bertz CT molecular complexity index is 380. The third-order valence-corrected chi connectivity index (χ3v) is 2.78. The first-order valence-electron chi connectivity index (χ1n) is 6.46. The van der Waals surface area contributed by atoms with Crippen LogP contribution in [0.3, 0.4) is 0 Å². The first-order chi connectivity index (χ1) is 8.88. The molecule has 0 aliphatic heterocycles. The van der Waals surface area contributed by atoms with Gasteiger partial charge in [0.1, 0.15) is 0 Å². The Hall–Kier alpha value is -0.820. The Morgan fingerprint density at radius 3 is 2.68 bits per heavy atom. The summed E-state index contributed by atoms with van der Waals surface area (Å²) in [6.45, 7) is 2.18. The number of benzene rings is 1. The van der Waals surface area contributed by atoms with Crippen molar-refractivity contribution in [3.8, 4) is 0 Å². The molecule has 1 aliphatic rings. The van der Waals surface area contributed by atoms with E-state index in [1.165, 1.54) is 18.4 Å². The van der Waals surface area contributed by atoms with Gasteiger partial charge in [-0.25, -0.2) is 4.99 Å². The van der Waals surface area contributed by atoms with Gasteiger partial charge in [-0.05, 0) is 18.4 Å². The van der Waals surface area contributed by atoms with Crippen LogP contribution in [0.2, 0.25) is 0 Å². The van der Waals surface area contributed by atoms with Gasteiger partial charge in [0.05, 0.1) is 13.2 Å². The minimum absolute atomic E-state index is 0. The topological polar surface area (TPSA) is 45.6 Å². The molecule has 0 aromatic heterocycles. The molecule has 1 fully saturated rings. The second kappa shape index (κ2) is 9.14. The monoisotopic (exact) mass is 375 g/mol. The molecular weight excluding hydrogens is 353 g/mol. The van der Waals surface area contributed by atoms with Crippen molar-refractivity contribution >= 4 is 29.9 Å². The quantitative estimate of drug-likeness (QED) is 0.347. The van der Waals surface area contributed by atoms with E-state index in [2.05, 4.69) is 27.8 Å². The molecule has 1 aromatic carbocycles. The Morgan fingerprint density at radius 2 is 2.05 bits per heavy atom. The van der Waals surface area contributed by atoms with E-state index in [0.29, 0.717) is 19.2 Å². The predicted octanol–water partition coefficient (Wildman–Crippen LogP) is 2.15. The van der Waals surface area contributed by atoms with Crippen molar-refractivity contribution in [1.82, 2.24) is 10.6 Å². The summed E-state index contributed by atoms with van der Waals surface area (Å²) in [4.78, 5) is 4.58. The maximum absolute atomic E-state index is 5.03. The van der Waals surface area contributed by atoms with Crippen molar-refractivity contribution in [2.75, 3.05) is 20.3 Å². The zero-order chi connectivity index (χ0) is 12.6. The van der Waals surface area contributed by atoms with E-state index in [0.717, 1.165) is 12.5 Å². The van der Waals surface area contributed by atoms with Gasteiger partial charge in [-0.3, -0.25) is 0 Å². The average Bonchev–Trinajstić information content (AvgIpc) is 3.21. The lowest BCUT2D eigenvalue weighted by molar-refractivity contribution is 0.203. The second-order valence-corrected chi connectivity index (χ2v) is 4.49. The van der Waals surface area contributed by atoms with Crippen LogP contribution in [-0.4, -0.2) is 32.3 Å². The molecule has 5 heteroatoms. The molecule has 106 valence electrons. The molecular formula is C14H22IN3O. The van der Waals surface area contributed by atoms with Gasteiger partial charge in [-0.15, -0.1) is 24.0 Å². The smallest absolute Gasteiger partial charge is 0.191 e. The van der Waals surface area contributed by atoms with Crippen molar-refractivity contribution in [3.63, 3.8) is 0 Å². The molecule has 2 N–H and O–H groups in total. The van der Waals surface area contributed by atoms with Gasteiger partial charge in [0.15, 0.2) is 5.96 Å². The van der Waals surface area contributed by atoms with Gasteiger partial charge in [0.2, 0.25) is 0 Å². The third-order valence-electron chi connectivity index (χ3n) is 2.78. The van der Waals surface area contributed by atoms with E-state index in [4.69, 9.17) is 4.74 Å². The molecule has 1 aliphatic carbocycles. The van der Waals surface area contributed by atoms with E-state index in [9.17, 15) is 0 Å². The second-order valence-electron chi connectivity index (χ2n) is 4.49. The van der Waals surface area contributed by atoms with Crippen LogP contribution < -0.4 is 10.6 Å². The van der Waals surface area contributed by atoms with E-state index in [1.807, 2.05) is 18.2 Å². The summed E-state index contributed by atoms with van der Waals surface area (Å²) in [5.74, 6) is 0.887. The maximum Gasteiger partial charge on any atom is 0.191 e. The van der Waals surface area contributed by atoms with Crippen LogP contribution in [0.15, 0.2) is 35.3 Å². The molecule has 0 spiro atoms.